The summed E-state index contributed by atoms with van der Waals surface area (Å²) < 4.78 is 19.3. The van der Waals surface area contributed by atoms with Gasteiger partial charge in [-0.2, -0.15) is 0 Å². The summed E-state index contributed by atoms with van der Waals surface area (Å²) in [4.78, 5) is 0. The van der Waals surface area contributed by atoms with Gasteiger partial charge in [0, 0.05) is 15.6 Å². The summed E-state index contributed by atoms with van der Waals surface area (Å²) in [7, 11) is 1.48. The van der Waals surface area contributed by atoms with Crippen molar-refractivity contribution in [3.05, 3.63) is 63.4 Å². The molecule has 0 aliphatic rings. The van der Waals surface area contributed by atoms with Crippen molar-refractivity contribution < 1.29 is 9.13 Å². The number of hydrazine groups is 1. The molecule has 2 rings (SSSR count). The molecule has 0 heterocycles. The van der Waals surface area contributed by atoms with E-state index in [1.54, 1.807) is 30.3 Å². The molecule has 6 heteroatoms. The number of nitrogens with two attached hydrogens (primary N) is 1. The molecule has 0 aliphatic carbocycles. The molecule has 0 saturated carbocycles. The second kappa shape index (κ2) is 7.09. The van der Waals surface area contributed by atoms with E-state index in [2.05, 4.69) is 5.43 Å². The van der Waals surface area contributed by atoms with Crippen LogP contribution in [0.5, 0.6) is 5.75 Å². The van der Waals surface area contributed by atoms with Gasteiger partial charge in [-0.25, -0.2) is 4.39 Å². The first-order chi connectivity index (χ1) is 10.1. The smallest absolute Gasteiger partial charge is 0.131 e. The van der Waals surface area contributed by atoms with Crippen molar-refractivity contribution in [2.45, 2.75) is 12.5 Å². The van der Waals surface area contributed by atoms with Crippen LogP contribution in [0.4, 0.5) is 4.39 Å². The molecule has 3 N–H and O–H groups in total. The fraction of sp³-hybridized carbons (Fsp3) is 0.200. The van der Waals surface area contributed by atoms with Gasteiger partial charge in [0.2, 0.25) is 0 Å². The van der Waals surface area contributed by atoms with E-state index in [1.165, 1.54) is 13.2 Å². The molecule has 0 spiro atoms. The van der Waals surface area contributed by atoms with Crippen LogP contribution in [0, 0.1) is 5.82 Å². The largest absolute Gasteiger partial charge is 0.496 e. The highest BCUT2D eigenvalue weighted by Gasteiger charge is 2.21. The third-order valence-corrected chi connectivity index (χ3v) is 3.96. The van der Waals surface area contributed by atoms with Crippen LogP contribution in [0.15, 0.2) is 36.4 Å². The minimum atomic E-state index is -0.515. The van der Waals surface area contributed by atoms with Crippen LogP contribution < -0.4 is 16.0 Å². The normalized spacial score (nSPS) is 12.2. The first-order valence-corrected chi connectivity index (χ1v) is 7.05. The Kier molecular flexibility index (Phi) is 5.42. The molecule has 2 aromatic carbocycles. The molecule has 0 fully saturated rings. The zero-order valence-corrected chi connectivity index (χ0v) is 12.9. The molecule has 3 nitrogen and oxygen atoms in total. The van der Waals surface area contributed by atoms with Crippen LogP contribution in [-0.4, -0.2) is 7.11 Å². The van der Waals surface area contributed by atoms with Crippen molar-refractivity contribution in [3.63, 3.8) is 0 Å². The number of methoxy groups -OCH3 is 1. The Labute approximate surface area is 132 Å². The first-order valence-electron chi connectivity index (χ1n) is 6.30. The topological polar surface area (TPSA) is 47.3 Å². The maximum Gasteiger partial charge on any atom is 0.131 e. The standard InChI is InChI=1S/C15H15Cl2FN2O/c1-21-14-7-3-6-12(18)15(14)13(20-19)8-9-10(16)4-2-5-11(9)17/h2-7,13,20H,8,19H2,1H3. The maximum absolute atomic E-state index is 14.1. The lowest BCUT2D eigenvalue weighted by Gasteiger charge is -2.21. The minimum Gasteiger partial charge on any atom is -0.496 e. The van der Waals surface area contributed by atoms with Crippen LogP contribution in [-0.2, 0) is 6.42 Å². The van der Waals surface area contributed by atoms with Gasteiger partial charge in [-0.15, -0.1) is 0 Å². The average Bonchev–Trinajstić information content (AvgIpc) is 2.47. The van der Waals surface area contributed by atoms with Crippen molar-refractivity contribution in [3.8, 4) is 5.75 Å². The van der Waals surface area contributed by atoms with E-state index in [-0.39, 0.29) is 0 Å². The number of ether oxygens (including phenoxy) is 1. The summed E-state index contributed by atoms with van der Waals surface area (Å²) in [6, 6.07) is 9.31. The third-order valence-electron chi connectivity index (χ3n) is 3.25. The number of halogens is 3. The average molecular weight is 329 g/mol. The molecule has 0 radical (unpaired) electrons. The highest BCUT2D eigenvalue weighted by molar-refractivity contribution is 6.36. The number of nitrogens with one attached hydrogen (secondary N) is 1. The zero-order valence-electron chi connectivity index (χ0n) is 11.4. The lowest BCUT2D eigenvalue weighted by molar-refractivity contribution is 0.390. The molecule has 0 amide bonds. The Hall–Kier alpha value is -1.33. The first kappa shape index (κ1) is 16.0. The third kappa shape index (κ3) is 3.47. The Morgan fingerprint density at radius 2 is 1.81 bits per heavy atom. The SMILES string of the molecule is COc1cccc(F)c1C(Cc1c(Cl)cccc1Cl)NN. The Morgan fingerprint density at radius 3 is 2.38 bits per heavy atom. The number of hydrogen-bond acceptors (Lipinski definition) is 3. The molecule has 0 saturated heterocycles. The molecular formula is C15H15Cl2FN2O. The highest BCUT2D eigenvalue weighted by atomic mass is 35.5. The van der Waals surface area contributed by atoms with E-state index in [9.17, 15) is 4.39 Å². The van der Waals surface area contributed by atoms with Crippen molar-refractivity contribution >= 4 is 23.2 Å². The lowest BCUT2D eigenvalue weighted by Crippen LogP contribution is -2.30. The van der Waals surface area contributed by atoms with Crippen LogP contribution >= 0.6 is 23.2 Å². The minimum absolute atomic E-state index is 0.340. The fourth-order valence-electron chi connectivity index (χ4n) is 2.21. The van der Waals surface area contributed by atoms with Gasteiger partial charge in [-0.05, 0) is 36.2 Å². The van der Waals surface area contributed by atoms with Crippen molar-refractivity contribution in [1.82, 2.24) is 5.43 Å². The predicted molar refractivity (Wildman–Crippen MR) is 83.2 cm³/mol. The summed E-state index contributed by atoms with van der Waals surface area (Å²) in [6.45, 7) is 0. The summed E-state index contributed by atoms with van der Waals surface area (Å²) >= 11 is 12.3. The van der Waals surface area contributed by atoms with Crippen molar-refractivity contribution in [2.75, 3.05) is 7.11 Å². The molecule has 0 aliphatic heterocycles. The van der Waals surface area contributed by atoms with E-state index in [0.717, 1.165) is 0 Å². The molecule has 2 aromatic rings. The van der Waals surface area contributed by atoms with Crippen molar-refractivity contribution in [1.29, 1.82) is 0 Å². The summed E-state index contributed by atoms with van der Waals surface area (Å²) in [5.74, 6) is 5.60. The molecule has 0 bridgehead atoms. The molecule has 0 aromatic heterocycles. The zero-order chi connectivity index (χ0) is 15.4. The summed E-state index contributed by atoms with van der Waals surface area (Å²) in [5, 5.41) is 1.02. The quantitative estimate of drug-likeness (QED) is 0.646. The van der Waals surface area contributed by atoms with Gasteiger partial charge in [0.05, 0.1) is 13.2 Å². The fourth-order valence-corrected chi connectivity index (χ4v) is 2.76. The van der Waals surface area contributed by atoms with Gasteiger partial charge in [0.25, 0.3) is 0 Å². The monoisotopic (exact) mass is 328 g/mol. The van der Waals surface area contributed by atoms with Crippen LogP contribution in [0.1, 0.15) is 17.2 Å². The Bertz CT molecular complexity index is 617. The molecule has 112 valence electrons. The van der Waals surface area contributed by atoms with Gasteiger partial charge >= 0.3 is 0 Å². The van der Waals surface area contributed by atoms with Crippen LogP contribution in [0.2, 0.25) is 10.0 Å². The second-order valence-corrected chi connectivity index (χ2v) is 5.29. The van der Waals surface area contributed by atoms with Crippen LogP contribution in [0.25, 0.3) is 0 Å². The summed E-state index contributed by atoms with van der Waals surface area (Å²) in [6.07, 6.45) is 0.340. The second-order valence-electron chi connectivity index (χ2n) is 4.48. The number of benzene rings is 2. The summed E-state index contributed by atoms with van der Waals surface area (Å²) in [5.41, 5.74) is 3.65. The molecular weight excluding hydrogens is 314 g/mol. The Morgan fingerprint density at radius 1 is 1.19 bits per heavy atom. The lowest BCUT2D eigenvalue weighted by atomic mass is 9.98. The highest BCUT2D eigenvalue weighted by Crippen LogP contribution is 2.33. The van der Waals surface area contributed by atoms with E-state index in [4.69, 9.17) is 33.8 Å². The van der Waals surface area contributed by atoms with Gasteiger partial charge in [-0.1, -0.05) is 35.3 Å². The van der Waals surface area contributed by atoms with Gasteiger partial charge in [0.1, 0.15) is 11.6 Å². The molecule has 1 atom stereocenters. The molecule has 21 heavy (non-hydrogen) atoms. The van der Waals surface area contributed by atoms with Gasteiger partial charge < -0.3 is 4.74 Å². The van der Waals surface area contributed by atoms with Crippen molar-refractivity contribution in [2.24, 2.45) is 5.84 Å². The predicted octanol–water partition coefficient (Wildman–Crippen LogP) is 3.89. The van der Waals surface area contributed by atoms with Gasteiger partial charge in [0.15, 0.2) is 0 Å². The van der Waals surface area contributed by atoms with E-state index < -0.39 is 11.9 Å². The molecule has 1 unspecified atom stereocenters. The van der Waals surface area contributed by atoms with Crippen LogP contribution in [0.3, 0.4) is 0 Å². The Balaban J connectivity index is 2.42. The van der Waals surface area contributed by atoms with E-state index >= 15 is 0 Å². The van der Waals surface area contributed by atoms with Gasteiger partial charge in [-0.3, -0.25) is 11.3 Å². The number of hydrogen-bond donors (Lipinski definition) is 2. The van der Waals surface area contributed by atoms with E-state index in [0.29, 0.717) is 33.3 Å². The van der Waals surface area contributed by atoms with E-state index in [1.807, 2.05) is 0 Å². The maximum atomic E-state index is 14.1. The number of rotatable bonds is 5.